The number of nitrogens with zero attached hydrogens (tertiary/aromatic N) is 4. The van der Waals surface area contributed by atoms with Crippen LogP contribution in [0, 0.1) is 5.92 Å². The van der Waals surface area contributed by atoms with E-state index in [0.717, 1.165) is 32.4 Å². The van der Waals surface area contributed by atoms with Crippen LogP contribution in [0.3, 0.4) is 0 Å². The van der Waals surface area contributed by atoms with Gasteiger partial charge in [-0.25, -0.2) is 4.98 Å². The second-order valence-electron chi connectivity index (χ2n) is 9.38. The Labute approximate surface area is 226 Å². The molecule has 9 heteroatoms. The number of fused-ring (bicyclic) bond motifs is 1. The van der Waals surface area contributed by atoms with Gasteiger partial charge in [-0.05, 0) is 55.4 Å². The van der Waals surface area contributed by atoms with Gasteiger partial charge in [0, 0.05) is 39.5 Å². The second-order valence-corrected chi connectivity index (χ2v) is 11.1. The van der Waals surface area contributed by atoms with Gasteiger partial charge in [0.15, 0.2) is 0 Å². The summed E-state index contributed by atoms with van der Waals surface area (Å²) in [6.45, 7) is 2.67. The molecule has 2 fully saturated rings. The number of carbonyl (C=O) groups excluding carboxylic acids is 1. The maximum Gasteiger partial charge on any atom is 0.267 e. The first-order valence-corrected chi connectivity index (χ1v) is 13.8. The van der Waals surface area contributed by atoms with Crippen molar-refractivity contribution in [3.63, 3.8) is 0 Å². The largest absolute Gasteiger partial charge is 0.385 e. The number of hydrogen-bond donors (Lipinski definition) is 0. The first-order valence-electron chi connectivity index (χ1n) is 12.6. The van der Waals surface area contributed by atoms with Gasteiger partial charge in [0.2, 0.25) is 0 Å². The lowest BCUT2D eigenvalue weighted by molar-refractivity contribution is -0.122. The number of methoxy groups -OCH3 is 1. The molecule has 0 spiro atoms. The quantitative estimate of drug-likeness (QED) is 0.241. The summed E-state index contributed by atoms with van der Waals surface area (Å²) in [5.74, 6) is 1.06. The molecule has 5 rings (SSSR count). The van der Waals surface area contributed by atoms with Crippen LogP contribution in [0.25, 0.3) is 11.7 Å². The van der Waals surface area contributed by atoms with E-state index in [0.29, 0.717) is 51.7 Å². The van der Waals surface area contributed by atoms with E-state index in [9.17, 15) is 9.59 Å². The average Bonchev–Trinajstić information content (AvgIpc) is 3.19. The molecule has 0 unspecified atom stereocenters. The summed E-state index contributed by atoms with van der Waals surface area (Å²) in [7, 11) is 1.64. The van der Waals surface area contributed by atoms with Crippen LogP contribution in [-0.4, -0.2) is 57.9 Å². The van der Waals surface area contributed by atoms with E-state index in [4.69, 9.17) is 21.9 Å². The molecule has 1 aromatic carbocycles. The molecule has 3 aromatic rings. The molecule has 0 radical (unpaired) electrons. The zero-order valence-electron chi connectivity index (χ0n) is 20.8. The van der Waals surface area contributed by atoms with E-state index in [1.165, 1.54) is 21.7 Å². The molecule has 0 N–H and O–H groups in total. The lowest BCUT2D eigenvalue weighted by atomic mass is 9.90. The number of benzene rings is 1. The fraction of sp³-hybridized carbons (Fsp3) is 0.357. The van der Waals surface area contributed by atoms with Crippen LogP contribution in [0.2, 0.25) is 0 Å². The number of thiocarbonyl (C=S) groups is 1. The van der Waals surface area contributed by atoms with Gasteiger partial charge in [-0.3, -0.25) is 18.9 Å². The normalized spacial score (nSPS) is 17.9. The highest BCUT2D eigenvalue weighted by molar-refractivity contribution is 8.26. The third kappa shape index (κ3) is 5.63. The number of hydrogen-bond acceptors (Lipinski definition) is 7. The molecule has 0 aliphatic carbocycles. The van der Waals surface area contributed by atoms with Gasteiger partial charge in [-0.15, -0.1) is 0 Å². The Bertz CT molecular complexity index is 1380. The van der Waals surface area contributed by atoms with E-state index in [1.807, 2.05) is 24.3 Å². The van der Waals surface area contributed by atoms with Crippen LogP contribution < -0.4 is 10.5 Å². The number of ether oxygens (including phenoxy) is 1. The lowest BCUT2D eigenvalue weighted by Gasteiger charge is -2.33. The van der Waals surface area contributed by atoms with Gasteiger partial charge in [0.1, 0.15) is 15.8 Å². The van der Waals surface area contributed by atoms with Crippen molar-refractivity contribution in [2.75, 3.05) is 38.3 Å². The number of piperidine rings is 1. The highest BCUT2D eigenvalue weighted by Crippen LogP contribution is 2.34. The summed E-state index contributed by atoms with van der Waals surface area (Å²) < 4.78 is 7.16. The molecule has 2 aromatic heterocycles. The average molecular weight is 535 g/mol. The number of aromatic nitrogens is 2. The molecule has 0 saturated carbocycles. The summed E-state index contributed by atoms with van der Waals surface area (Å²) in [5, 5.41) is 0. The number of amides is 1. The zero-order valence-corrected chi connectivity index (χ0v) is 22.5. The fourth-order valence-electron chi connectivity index (χ4n) is 4.95. The number of anilines is 1. The molecule has 37 heavy (non-hydrogen) atoms. The molecule has 2 aliphatic heterocycles. The highest BCUT2D eigenvalue weighted by atomic mass is 32.2. The van der Waals surface area contributed by atoms with Gasteiger partial charge in [0.05, 0.1) is 10.5 Å². The van der Waals surface area contributed by atoms with Gasteiger partial charge in [0.25, 0.3) is 11.5 Å². The Balaban J connectivity index is 1.43. The first kappa shape index (κ1) is 25.6. The molecule has 192 valence electrons. The van der Waals surface area contributed by atoms with Crippen molar-refractivity contribution in [2.45, 2.75) is 25.7 Å². The number of pyridine rings is 1. The van der Waals surface area contributed by atoms with Crippen LogP contribution in [-0.2, 0) is 16.0 Å². The first-order chi connectivity index (χ1) is 18.0. The van der Waals surface area contributed by atoms with Crippen molar-refractivity contribution in [1.82, 2.24) is 14.3 Å². The number of thioether (sulfide) groups is 1. The number of rotatable bonds is 8. The Morgan fingerprint density at radius 3 is 2.62 bits per heavy atom. The van der Waals surface area contributed by atoms with E-state index in [-0.39, 0.29) is 11.5 Å². The van der Waals surface area contributed by atoms with Crippen molar-refractivity contribution in [3.05, 3.63) is 81.1 Å². The molecular formula is C28H30N4O3S2. The highest BCUT2D eigenvalue weighted by Gasteiger charge is 2.33. The Morgan fingerprint density at radius 1 is 1.11 bits per heavy atom. The van der Waals surface area contributed by atoms with Crippen molar-refractivity contribution in [3.8, 4) is 0 Å². The minimum atomic E-state index is -0.184. The van der Waals surface area contributed by atoms with Crippen LogP contribution in [0.1, 0.15) is 30.4 Å². The minimum absolute atomic E-state index is 0.170. The monoisotopic (exact) mass is 534 g/mol. The third-order valence-corrected chi connectivity index (χ3v) is 8.29. The third-order valence-electron chi connectivity index (χ3n) is 6.91. The SMILES string of the molecule is COCCCN1C(=O)/C(=C/c2c(N3CCC(Cc4ccccc4)CC3)nc3ccccn3c2=O)SC1=S. The predicted octanol–water partition coefficient (Wildman–Crippen LogP) is 4.39. The fourth-order valence-corrected chi connectivity index (χ4v) is 6.24. The van der Waals surface area contributed by atoms with Crippen molar-refractivity contribution < 1.29 is 9.53 Å². The van der Waals surface area contributed by atoms with E-state index >= 15 is 0 Å². The van der Waals surface area contributed by atoms with Gasteiger partial charge >= 0.3 is 0 Å². The molecule has 2 saturated heterocycles. The Hall–Kier alpha value is -3.01. The Kier molecular flexibility index (Phi) is 8.02. The van der Waals surface area contributed by atoms with E-state index in [2.05, 4.69) is 29.2 Å². The summed E-state index contributed by atoms with van der Waals surface area (Å²) in [6, 6.07) is 16.1. The summed E-state index contributed by atoms with van der Waals surface area (Å²) in [5.41, 5.74) is 2.20. The van der Waals surface area contributed by atoms with Gasteiger partial charge < -0.3 is 9.64 Å². The minimum Gasteiger partial charge on any atom is -0.385 e. The van der Waals surface area contributed by atoms with Gasteiger partial charge in [-0.1, -0.05) is 60.4 Å². The standard InChI is InChI=1S/C28H30N4O3S2/c1-35-17-7-14-32-27(34)23(37-28(32)36)19-22-25(29-24-10-5-6-13-31(24)26(22)33)30-15-11-21(12-16-30)18-20-8-3-2-4-9-20/h2-6,8-10,13,19,21H,7,11-12,14-18H2,1H3/b23-19-. The molecule has 7 nitrogen and oxygen atoms in total. The van der Waals surface area contributed by atoms with E-state index in [1.54, 1.807) is 24.3 Å². The Morgan fingerprint density at radius 2 is 1.86 bits per heavy atom. The van der Waals surface area contributed by atoms with Gasteiger partial charge in [-0.2, -0.15) is 0 Å². The molecule has 0 bridgehead atoms. The van der Waals surface area contributed by atoms with E-state index < -0.39 is 0 Å². The smallest absolute Gasteiger partial charge is 0.267 e. The second kappa shape index (κ2) is 11.6. The van der Waals surface area contributed by atoms with Crippen molar-refractivity contribution >= 4 is 51.7 Å². The van der Waals surface area contributed by atoms with Crippen molar-refractivity contribution in [2.24, 2.45) is 5.92 Å². The maximum atomic E-state index is 13.6. The topological polar surface area (TPSA) is 67.2 Å². The summed E-state index contributed by atoms with van der Waals surface area (Å²) in [6.07, 6.45) is 7.20. The molecular weight excluding hydrogens is 504 g/mol. The molecule has 2 aliphatic rings. The van der Waals surface area contributed by atoms with Crippen LogP contribution in [0.15, 0.2) is 64.4 Å². The molecule has 0 atom stereocenters. The van der Waals surface area contributed by atoms with Crippen molar-refractivity contribution in [1.29, 1.82) is 0 Å². The summed E-state index contributed by atoms with van der Waals surface area (Å²) in [4.78, 5) is 35.9. The lowest BCUT2D eigenvalue weighted by Crippen LogP contribution is -2.37. The van der Waals surface area contributed by atoms with Crippen LogP contribution in [0.5, 0.6) is 0 Å². The van der Waals surface area contributed by atoms with Crippen LogP contribution in [0.4, 0.5) is 5.82 Å². The molecule has 1 amide bonds. The predicted molar refractivity (Wildman–Crippen MR) is 153 cm³/mol. The summed E-state index contributed by atoms with van der Waals surface area (Å²) >= 11 is 6.71. The van der Waals surface area contributed by atoms with Crippen LogP contribution >= 0.6 is 24.0 Å². The molecule has 4 heterocycles. The maximum absolute atomic E-state index is 13.6. The number of carbonyl (C=O) groups is 1. The zero-order chi connectivity index (χ0) is 25.8.